The first-order chi connectivity index (χ1) is 13.1. The molecular formula is C20H18N4O3. The monoisotopic (exact) mass is 362 g/mol. The predicted molar refractivity (Wildman–Crippen MR) is 101 cm³/mol. The van der Waals surface area contributed by atoms with Gasteiger partial charge in [-0.1, -0.05) is 6.07 Å². The van der Waals surface area contributed by atoms with E-state index in [2.05, 4.69) is 27.1 Å². The highest BCUT2D eigenvalue weighted by Crippen LogP contribution is 2.28. The van der Waals surface area contributed by atoms with Gasteiger partial charge in [-0.05, 0) is 36.2 Å². The molecule has 4 rings (SSSR count). The van der Waals surface area contributed by atoms with E-state index in [9.17, 15) is 4.79 Å². The quantitative estimate of drug-likeness (QED) is 0.519. The first-order valence-corrected chi connectivity index (χ1v) is 8.42. The van der Waals surface area contributed by atoms with Gasteiger partial charge >= 0.3 is 5.97 Å². The number of aromatic nitrogens is 4. The summed E-state index contributed by atoms with van der Waals surface area (Å²) in [6.45, 7) is 2.56. The number of esters is 1. The van der Waals surface area contributed by atoms with Crippen LogP contribution >= 0.6 is 0 Å². The smallest absolute Gasteiger partial charge is 0.340 e. The molecule has 0 bridgehead atoms. The second-order valence-electron chi connectivity index (χ2n) is 6.28. The number of rotatable bonds is 4. The summed E-state index contributed by atoms with van der Waals surface area (Å²) >= 11 is 0. The van der Waals surface area contributed by atoms with Gasteiger partial charge in [0.2, 0.25) is 5.88 Å². The average Bonchev–Trinajstić information content (AvgIpc) is 3.05. The fraction of sp³-hybridized carbons (Fsp3) is 0.200. The number of hydrogen-bond acceptors (Lipinski definition) is 6. The maximum absolute atomic E-state index is 12.2. The highest BCUT2D eigenvalue weighted by Gasteiger charge is 2.21. The van der Waals surface area contributed by atoms with Crippen LogP contribution in [0.15, 0.2) is 43.0 Å². The van der Waals surface area contributed by atoms with Crippen LogP contribution < -0.4 is 4.74 Å². The van der Waals surface area contributed by atoms with Gasteiger partial charge in [0, 0.05) is 24.3 Å². The molecule has 7 nitrogen and oxygen atoms in total. The lowest BCUT2D eigenvalue weighted by Crippen LogP contribution is -2.01. The number of carbonyl (C=O) groups is 1. The van der Waals surface area contributed by atoms with Gasteiger partial charge in [-0.2, -0.15) is 0 Å². The molecule has 0 amide bonds. The van der Waals surface area contributed by atoms with Crippen molar-refractivity contribution in [2.45, 2.75) is 13.5 Å². The molecule has 3 heterocycles. The van der Waals surface area contributed by atoms with Gasteiger partial charge in [-0.3, -0.25) is 4.98 Å². The van der Waals surface area contributed by atoms with E-state index >= 15 is 0 Å². The lowest BCUT2D eigenvalue weighted by molar-refractivity contribution is 0.0602. The summed E-state index contributed by atoms with van der Waals surface area (Å²) in [5.74, 6) is -0.109. The molecule has 0 saturated heterocycles. The maximum atomic E-state index is 12.2. The molecule has 0 atom stereocenters. The third-order valence-corrected chi connectivity index (χ3v) is 4.45. The average molecular weight is 362 g/mol. The van der Waals surface area contributed by atoms with E-state index in [0.29, 0.717) is 29.0 Å². The Hall–Kier alpha value is -3.48. The van der Waals surface area contributed by atoms with Crippen LogP contribution in [-0.2, 0) is 11.3 Å². The van der Waals surface area contributed by atoms with Crippen molar-refractivity contribution in [2.75, 3.05) is 14.2 Å². The van der Waals surface area contributed by atoms with E-state index in [4.69, 9.17) is 9.47 Å². The van der Waals surface area contributed by atoms with Crippen LogP contribution in [0, 0.1) is 6.92 Å². The predicted octanol–water partition coefficient (Wildman–Crippen LogP) is 3.13. The summed E-state index contributed by atoms with van der Waals surface area (Å²) in [4.78, 5) is 25.1. The first kappa shape index (κ1) is 17.0. The van der Waals surface area contributed by atoms with Crippen LogP contribution in [0.25, 0.3) is 21.9 Å². The maximum Gasteiger partial charge on any atom is 0.340 e. The van der Waals surface area contributed by atoms with E-state index in [1.807, 2.05) is 29.8 Å². The number of nitrogens with zero attached hydrogens (tertiary/aromatic N) is 4. The third-order valence-electron chi connectivity index (χ3n) is 4.45. The molecule has 0 unspecified atom stereocenters. The number of methoxy groups -OCH3 is 2. The van der Waals surface area contributed by atoms with Crippen molar-refractivity contribution in [2.24, 2.45) is 0 Å². The van der Waals surface area contributed by atoms with Crippen molar-refractivity contribution in [3.05, 3.63) is 59.7 Å². The topological polar surface area (TPSA) is 79.1 Å². The lowest BCUT2D eigenvalue weighted by atomic mass is 10.1. The number of hydrogen-bond donors (Lipinski definition) is 0. The number of fused-ring (bicyclic) bond motifs is 2. The molecule has 0 saturated carbocycles. The zero-order valence-corrected chi connectivity index (χ0v) is 15.3. The van der Waals surface area contributed by atoms with Crippen LogP contribution in [0.4, 0.5) is 0 Å². The van der Waals surface area contributed by atoms with Crippen LogP contribution in [-0.4, -0.2) is 39.7 Å². The molecule has 0 radical (unpaired) electrons. The number of aryl methyl sites for hydroxylation is 1. The number of pyridine rings is 1. The normalized spacial score (nSPS) is 11.1. The molecular weight excluding hydrogens is 344 g/mol. The van der Waals surface area contributed by atoms with Crippen LogP contribution in [0.1, 0.15) is 21.5 Å². The minimum Gasteiger partial charge on any atom is -0.480 e. The van der Waals surface area contributed by atoms with Crippen LogP contribution in [0.5, 0.6) is 5.88 Å². The minimum atomic E-state index is -0.454. The van der Waals surface area contributed by atoms with Crippen molar-refractivity contribution in [1.82, 2.24) is 19.5 Å². The molecule has 0 aliphatic carbocycles. The van der Waals surface area contributed by atoms with Gasteiger partial charge in [-0.15, -0.1) is 0 Å². The standard InChI is InChI=1S/C20H18N4O3/c1-12-6-14-7-13(4-5-16(14)21-8-12)9-24-10-15(20(25)27-3)17-18(24)22-11-23-19(17)26-2/h4-8,10-11H,9H2,1-3H3. The lowest BCUT2D eigenvalue weighted by Gasteiger charge is -2.07. The Kier molecular flexibility index (Phi) is 4.19. The summed E-state index contributed by atoms with van der Waals surface area (Å²) < 4.78 is 12.1. The van der Waals surface area contributed by atoms with Gasteiger partial charge in [0.1, 0.15) is 12.0 Å². The minimum absolute atomic E-state index is 0.345. The molecule has 0 fully saturated rings. The molecule has 1 aromatic carbocycles. The third kappa shape index (κ3) is 2.97. The Morgan fingerprint density at radius 1 is 1.15 bits per heavy atom. The summed E-state index contributed by atoms with van der Waals surface area (Å²) in [5, 5.41) is 1.62. The van der Waals surface area contributed by atoms with E-state index < -0.39 is 5.97 Å². The van der Waals surface area contributed by atoms with Gasteiger partial charge in [0.05, 0.1) is 30.7 Å². The summed E-state index contributed by atoms with van der Waals surface area (Å²) in [6, 6.07) is 8.21. The Bertz CT molecular complexity index is 1170. The first-order valence-electron chi connectivity index (χ1n) is 8.42. The van der Waals surface area contributed by atoms with Gasteiger partial charge in [0.15, 0.2) is 0 Å². The van der Waals surface area contributed by atoms with E-state index in [0.717, 1.165) is 22.0 Å². The highest BCUT2D eigenvalue weighted by atomic mass is 16.5. The van der Waals surface area contributed by atoms with Gasteiger partial charge < -0.3 is 14.0 Å². The second-order valence-corrected chi connectivity index (χ2v) is 6.28. The van der Waals surface area contributed by atoms with Gasteiger partial charge in [0.25, 0.3) is 0 Å². The van der Waals surface area contributed by atoms with E-state index in [1.54, 1.807) is 6.20 Å². The largest absolute Gasteiger partial charge is 0.480 e. The molecule has 7 heteroatoms. The van der Waals surface area contributed by atoms with Crippen molar-refractivity contribution >= 4 is 27.9 Å². The van der Waals surface area contributed by atoms with Crippen molar-refractivity contribution in [3.63, 3.8) is 0 Å². The summed E-state index contributed by atoms with van der Waals surface area (Å²) in [7, 11) is 2.86. The molecule has 0 N–H and O–H groups in total. The molecule has 3 aromatic heterocycles. The van der Waals surface area contributed by atoms with Gasteiger partial charge in [-0.25, -0.2) is 14.8 Å². The number of carbonyl (C=O) groups excluding carboxylic acids is 1. The van der Waals surface area contributed by atoms with Crippen LogP contribution in [0.3, 0.4) is 0 Å². The second kappa shape index (κ2) is 6.68. The highest BCUT2D eigenvalue weighted by molar-refractivity contribution is 6.05. The van der Waals surface area contributed by atoms with E-state index in [-0.39, 0.29) is 0 Å². The Morgan fingerprint density at radius 2 is 2.00 bits per heavy atom. The number of benzene rings is 1. The zero-order chi connectivity index (χ0) is 19.0. The Labute approximate surface area is 155 Å². The SMILES string of the molecule is COC(=O)c1cn(Cc2ccc3ncc(C)cc3c2)c2ncnc(OC)c12. The zero-order valence-electron chi connectivity index (χ0n) is 15.3. The molecule has 136 valence electrons. The Balaban J connectivity index is 1.83. The molecule has 0 spiro atoms. The Morgan fingerprint density at radius 3 is 2.78 bits per heavy atom. The fourth-order valence-electron chi connectivity index (χ4n) is 3.22. The van der Waals surface area contributed by atoms with Crippen LogP contribution in [0.2, 0.25) is 0 Å². The molecule has 0 aliphatic heterocycles. The summed E-state index contributed by atoms with van der Waals surface area (Å²) in [5.41, 5.74) is 4.12. The molecule has 27 heavy (non-hydrogen) atoms. The summed E-state index contributed by atoms with van der Waals surface area (Å²) in [6.07, 6.45) is 5.01. The fourth-order valence-corrected chi connectivity index (χ4v) is 3.22. The van der Waals surface area contributed by atoms with Crippen molar-refractivity contribution < 1.29 is 14.3 Å². The van der Waals surface area contributed by atoms with Crippen molar-refractivity contribution in [3.8, 4) is 5.88 Å². The van der Waals surface area contributed by atoms with E-state index in [1.165, 1.54) is 20.5 Å². The number of ether oxygens (including phenoxy) is 2. The molecule has 0 aliphatic rings. The van der Waals surface area contributed by atoms with Crippen molar-refractivity contribution in [1.29, 1.82) is 0 Å². The molecule has 4 aromatic rings.